The molecule has 2 aliphatic rings. The second-order valence-corrected chi connectivity index (χ2v) is 7.46. The van der Waals surface area contributed by atoms with Crippen LogP contribution in [-0.2, 0) is 19.6 Å². The number of carbonyl (C=O) groups excluding carboxylic acids is 1. The molecule has 1 N–H and O–H groups in total. The molecule has 3 rings (SSSR count). The van der Waals surface area contributed by atoms with Crippen molar-refractivity contribution in [2.24, 2.45) is 4.99 Å². The van der Waals surface area contributed by atoms with E-state index in [-0.39, 0.29) is 35.3 Å². The van der Waals surface area contributed by atoms with Gasteiger partial charge in [0.1, 0.15) is 12.4 Å². The Morgan fingerprint density at radius 3 is 2.91 bits per heavy atom. The van der Waals surface area contributed by atoms with Crippen LogP contribution in [0.15, 0.2) is 34.2 Å². The zero-order chi connectivity index (χ0) is 16.6. The van der Waals surface area contributed by atoms with Gasteiger partial charge in [-0.15, -0.1) is 0 Å². The van der Waals surface area contributed by atoms with Crippen molar-refractivity contribution in [3.8, 4) is 0 Å². The number of rotatable bonds is 2. The Labute approximate surface area is 135 Å². The molecular formula is C15H19N3O4S. The van der Waals surface area contributed by atoms with Gasteiger partial charge >= 0.3 is 0 Å². The number of fused-ring (bicyclic) bond motifs is 1. The van der Waals surface area contributed by atoms with Crippen LogP contribution in [0.25, 0.3) is 0 Å². The second-order valence-electron chi connectivity index (χ2n) is 5.81. The predicted octanol–water partition coefficient (Wildman–Crippen LogP) is 0.361. The summed E-state index contributed by atoms with van der Waals surface area (Å²) in [5.41, 5.74) is 0.503. The first kappa shape index (κ1) is 15.9. The van der Waals surface area contributed by atoms with Gasteiger partial charge in [0.25, 0.3) is 10.0 Å². The van der Waals surface area contributed by atoms with Gasteiger partial charge in [-0.25, -0.2) is 8.42 Å². The molecule has 2 atom stereocenters. The van der Waals surface area contributed by atoms with Crippen LogP contribution >= 0.6 is 0 Å². The molecule has 0 unspecified atom stereocenters. The fraction of sp³-hybridized carbons (Fsp3) is 0.467. The minimum absolute atomic E-state index is 0.00601. The summed E-state index contributed by atoms with van der Waals surface area (Å²) in [6.45, 7) is 4.76. The molecule has 7 nitrogen and oxygen atoms in total. The Morgan fingerprint density at radius 2 is 2.13 bits per heavy atom. The van der Waals surface area contributed by atoms with E-state index >= 15 is 0 Å². The van der Waals surface area contributed by atoms with Crippen LogP contribution in [0.1, 0.15) is 19.4 Å². The highest BCUT2D eigenvalue weighted by Gasteiger charge is 2.31. The zero-order valence-corrected chi connectivity index (χ0v) is 13.8. The zero-order valence-electron chi connectivity index (χ0n) is 13.0. The summed E-state index contributed by atoms with van der Waals surface area (Å²) < 4.78 is 31.9. The SMILES string of the molecule is C[C@@H]1CN(C(=O)CN=C2NS(=O)(=O)c3ccccc32)[C@@H](C)CO1. The summed E-state index contributed by atoms with van der Waals surface area (Å²) in [7, 11) is -3.57. The van der Waals surface area contributed by atoms with Gasteiger partial charge in [0, 0.05) is 12.1 Å². The van der Waals surface area contributed by atoms with Crippen LogP contribution in [0.2, 0.25) is 0 Å². The number of amides is 1. The minimum Gasteiger partial charge on any atom is -0.375 e. The minimum atomic E-state index is -3.57. The summed E-state index contributed by atoms with van der Waals surface area (Å²) in [6.07, 6.45) is -0.00601. The molecule has 0 aromatic heterocycles. The molecule has 124 valence electrons. The number of hydrogen-bond donors (Lipinski definition) is 1. The number of ether oxygens (including phenoxy) is 1. The highest BCUT2D eigenvalue weighted by molar-refractivity contribution is 7.90. The van der Waals surface area contributed by atoms with Crippen molar-refractivity contribution in [3.63, 3.8) is 0 Å². The summed E-state index contributed by atoms with van der Waals surface area (Å²) in [5.74, 6) is 0.0895. The van der Waals surface area contributed by atoms with E-state index in [0.29, 0.717) is 18.7 Å². The summed E-state index contributed by atoms with van der Waals surface area (Å²) in [5, 5.41) is 0. The molecule has 23 heavy (non-hydrogen) atoms. The average molecular weight is 337 g/mol. The number of carbonyl (C=O) groups is 1. The summed E-state index contributed by atoms with van der Waals surface area (Å²) in [4.78, 5) is 18.5. The molecule has 1 amide bonds. The number of nitrogens with one attached hydrogen (secondary N) is 1. The molecule has 0 spiro atoms. The molecular weight excluding hydrogens is 318 g/mol. The van der Waals surface area contributed by atoms with E-state index in [0.717, 1.165) is 0 Å². The maximum absolute atomic E-state index is 12.4. The second kappa shape index (κ2) is 5.93. The normalized spacial score (nSPS) is 27.6. The molecule has 0 radical (unpaired) electrons. The highest BCUT2D eigenvalue weighted by Crippen LogP contribution is 2.22. The molecule has 2 aliphatic heterocycles. The Kier molecular flexibility index (Phi) is 4.11. The third-order valence-electron chi connectivity index (χ3n) is 3.96. The lowest BCUT2D eigenvalue weighted by Gasteiger charge is -2.36. The molecule has 0 aliphatic carbocycles. The van der Waals surface area contributed by atoms with Gasteiger partial charge in [0.15, 0.2) is 0 Å². The van der Waals surface area contributed by atoms with Crippen molar-refractivity contribution in [3.05, 3.63) is 29.8 Å². The monoisotopic (exact) mass is 337 g/mol. The first-order valence-corrected chi connectivity index (χ1v) is 8.94. The number of hydrogen-bond acceptors (Lipinski definition) is 5. The van der Waals surface area contributed by atoms with Crippen molar-refractivity contribution in [1.29, 1.82) is 0 Å². The molecule has 2 heterocycles. The van der Waals surface area contributed by atoms with Crippen molar-refractivity contribution >= 4 is 21.8 Å². The van der Waals surface area contributed by atoms with Gasteiger partial charge in [-0.2, -0.15) is 0 Å². The van der Waals surface area contributed by atoms with Crippen molar-refractivity contribution in [2.45, 2.75) is 30.9 Å². The van der Waals surface area contributed by atoms with E-state index in [1.54, 1.807) is 23.1 Å². The van der Waals surface area contributed by atoms with E-state index in [4.69, 9.17) is 4.74 Å². The lowest BCUT2D eigenvalue weighted by atomic mass is 10.2. The molecule has 0 saturated carbocycles. The van der Waals surface area contributed by atoms with Gasteiger partial charge in [-0.3, -0.25) is 14.5 Å². The largest absolute Gasteiger partial charge is 0.375 e. The van der Waals surface area contributed by atoms with Crippen LogP contribution < -0.4 is 4.72 Å². The maximum atomic E-state index is 12.4. The summed E-state index contributed by atoms with van der Waals surface area (Å²) >= 11 is 0. The number of sulfonamides is 1. The fourth-order valence-corrected chi connectivity index (χ4v) is 3.99. The summed E-state index contributed by atoms with van der Waals surface area (Å²) in [6, 6.07) is 6.59. The Hall–Kier alpha value is -1.93. The first-order valence-electron chi connectivity index (χ1n) is 7.46. The Bertz CT molecular complexity index is 760. The number of nitrogens with zero attached hydrogens (tertiary/aromatic N) is 2. The van der Waals surface area contributed by atoms with E-state index in [9.17, 15) is 13.2 Å². The number of aliphatic imine (C=N–C) groups is 1. The van der Waals surface area contributed by atoms with Gasteiger partial charge in [0.05, 0.1) is 23.6 Å². The average Bonchev–Trinajstić information content (AvgIpc) is 2.79. The van der Waals surface area contributed by atoms with Gasteiger partial charge in [0.2, 0.25) is 5.91 Å². The van der Waals surface area contributed by atoms with Crippen LogP contribution in [0.4, 0.5) is 0 Å². The maximum Gasteiger partial charge on any atom is 0.263 e. The van der Waals surface area contributed by atoms with Crippen LogP contribution in [0.5, 0.6) is 0 Å². The van der Waals surface area contributed by atoms with Crippen LogP contribution in [0.3, 0.4) is 0 Å². The molecule has 1 saturated heterocycles. The highest BCUT2D eigenvalue weighted by atomic mass is 32.2. The van der Waals surface area contributed by atoms with Gasteiger partial charge in [-0.1, -0.05) is 12.1 Å². The van der Waals surface area contributed by atoms with Crippen molar-refractivity contribution < 1.29 is 17.9 Å². The predicted molar refractivity (Wildman–Crippen MR) is 84.8 cm³/mol. The third-order valence-corrected chi connectivity index (χ3v) is 5.36. The molecule has 1 aromatic rings. The fourth-order valence-electron chi connectivity index (χ4n) is 2.74. The van der Waals surface area contributed by atoms with E-state index in [1.807, 2.05) is 13.8 Å². The quantitative estimate of drug-likeness (QED) is 0.844. The molecule has 0 bridgehead atoms. The van der Waals surface area contributed by atoms with E-state index in [2.05, 4.69) is 9.71 Å². The van der Waals surface area contributed by atoms with E-state index < -0.39 is 10.0 Å². The van der Waals surface area contributed by atoms with Crippen molar-refractivity contribution in [1.82, 2.24) is 9.62 Å². The smallest absolute Gasteiger partial charge is 0.263 e. The van der Waals surface area contributed by atoms with Crippen LogP contribution in [0, 0.1) is 0 Å². The number of benzene rings is 1. The molecule has 8 heteroatoms. The Morgan fingerprint density at radius 1 is 1.39 bits per heavy atom. The number of morpholine rings is 1. The van der Waals surface area contributed by atoms with Crippen molar-refractivity contribution in [2.75, 3.05) is 19.7 Å². The topological polar surface area (TPSA) is 88.1 Å². The standard InChI is InChI=1S/C15H19N3O4S/c1-10-9-22-11(2)8-18(10)14(19)7-16-15-12-5-3-4-6-13(12)23(20,21)17-15/h3-6,10-11H,7-9H2,1-2H3,(H,16,17)/t10-,11+/m0/s1. The molecule has 1 fully saturated rings. The first-order chi connectivity index (χ1) is 10.9. The Balaban J connectivity index is 1.77. The lowest BCUT2D eigenvalue weighted by Crippen LogP contribution is -2.51. The van der Waals surface area contributed by atoms with Gasteiger partial charge in [-0.05, 0) is 26.0 Å². The number of amidine groups is 1. The third kappa shape index (κ3) is 3.09. The lowest BCUT2D eigenvalue weighted by molar-refractivity contribution is -0.141. The van der Waals surface area contributed by atoms with E-state index in [1.165, 1.54) is 6.07 Å². The van der Waals surface area contributed by atoms with Crippen LogP contribution in [-0.4, -0.2) is 56.9 Å². The molecule has 1 aromatic carbocycles. The van der Waals surface area contributed by atoms with Gasteiger partial charge < -0.3 is 9.64 Å².